The minimum atomic E-state index is -0.174. The molecule has 0 spiro atoms. The maximum absolute atomic E-state index is 13.3. The minimum absolute atomic E-state index is 0.118. The number of aromatic nitrogens is 3. The lowest BCUT2D eigenvalue weighted by atomic mass is 10.0. The van der Waals surface area contributed by atoms with Crippen LogP contribution in [0.5, 0.6) is 11.5 Å². The quantitative estimate of drug-likeness (QED) is 0.508. The number of ether oxygens (including phenoxy) is 2. The Morgan fingerprint density at radius 1 is 1.09 bits per heavy atom. The second-order valence-electron chi connectivity index (χ2n) is 8.12. The van der Waals surface area contributed by atoms with Gasteiger partial charge in [-0.25, -0.2) is 4.68 Å². The molecule has 0 aliphatic carbocycles. The topological polar surface area (TPSA) is 87.4 Å². The van der Waals surface area contributed by atoms with Crippen LogP contribution >= 0.6 is 0 Å². The summed E-state index contributed by atoms with van der Waals surface area (Å²) in [6, 6.07) is 15.0. The predicted octanol–water partition coefficient (Wildman–Crippen LogP) is 3.64. The highest BCUT2D eigenvalue weighted by Crippen LogP contribution is 2.34. The standard InChI is InChI=1S/C25H24N4O4/c1-15-19(10-12-22(30)26-17-9-11-20-21(13-17)33-14-32-20)25(31)28(3)24-23(15)16(2)27-29(24)18-7-5-4-6-8-18/h4-9,11,13H,10,12,14H2,1-3H3,(H,26,30). The van der Waals surface area contributed by atoms with E-state index in [9.17, 15) is 9.59 Å². The molecule has 168 valence electrons. The highest BCUT2D eigenvalue weighted by atomic mass is 16.7. The van der Waals surface area contributed by atoms with E-state index in [0.29, 0.717) is 29.2 Å². The molecule has 1 N–H and O–H groups in total. The van der Waals surface area contributed by atoms with E-state index in [1.807, 2.05) is 44.2 Å². The molecule has 33 heavy (non-hydrogen) atoms. The molecule has 0 bridgehead atoms. The van der Waals surface area contributed by atoms with Crippen molar-refractivity contribution in [2.45, 2.75) is 26.7 Å². The van der Waals surface area contributed by atoms with Gasteiger partial charge >= 0.3 is 0 Å². The SMILES string of the molecule is Cc1nn(-c2ccccc2)c2c1c(C)c(CCC(=O)Nc1ccc3c(c1)OCO3)c(=O)n2C. The lowest BCUT2D eigenvalue weighted by Crippen LogP contribution is -2.25. The molecule has 2 aromatic carbocycles. The van der Waals surface area contributed by atoms with Crippen molar-refractivity contribution >= 4 is 22.6 Å². The first-order valence-corrected chi connectivity index (χ1v) is 10.8. The normalized spacial score (nSPS) is 12.3. The van der Waals surface area contributed by atoms with Crippen molar-refractivity contribution in [3.63, 3.8) is 0 Å². The molecule has 1 aliphatic rings. The first-order chi connectivity index (χ1) is 15.9. The van der Waals surface area contributed by atoms with Gasteiger partial charge in [-0.2, -0.15) is 5.10 Å². The van der Waals surface area contributed by atoms with Crippen LogP contribution < -0.4 is 20.3 Å². The van der Waals surface area contributed by atoms with Gasteiger partial charge in [0.25, 0.3) is 5.56 Å². The van der Waals surface area contributed by atoms with Crippen LogP contribution in [0, 0.1) is 13.8 Å². The largest absolute Gasteiger partial charge is 0.454 e. The Morgan fingerprint density at radius 3 is 2.64 bits per heavy atom. The fourth-order valence-corrected chi connectivity index (χ4v) is 4.35. The number of benzene rings is 2. The predicted molar refractivity (Wildman–Crippen MR) is 125 cm³/mol. The van der Waals surface area contributed by atoms with Gasteiger partial charge in [-0.1, -0.05) is 18.2 Å². The summed E-state index contributed by atoms with van der Waals surface area (Å²) >= 11 is 0. The number of para-hydroxylation sites is 1. The van der Waals surface area contributed by atoms with E-state index in [1.54, 1.807) is 34.5 Å². The first kappa shape index (κ1) is 20.8. The molecular weight excluding hydrogens is 420 g/mol. The van der Waals surface area contributed by atoms with Gasteiger partial charge in [-0.15, -0.1) is 0 Å². The van der Waals surface area contributed by atoms with Gasteiger partial charge < -0.3 is 14.8 Å². The Kier molecular flexibility index (Phi) is 5.12. The van der Waals surface area contributed by atoms with Crippen molar-refractivity contribution in [2.75, 3.05) is 12.1 Å². The number of anilines is 1. The zero-order valence-electron chi connectivity index (χ0n) is 18.7. The van der Waals surface area contributed by atoms with Crippen LogP contribution in [-0.2, 0) is 18.3 Å². The zero-order chi connectivity index (χ0) is 23.1. The Balaban J connectivity index is 1.42. The fourth-order valence-electron chi connectivity index (χ4n) is 4.35. The van der Waals surface area contributed by atoms with E-state index >= 15 is 0 Å². The highest BCUT2D eigenvalue weighted by molar-refractivity contribution is 5.91. The number of carbonyl (C=O) groups excluding carboxylic acids is 1. The number of nitrogens with zero attached hydrogens (tertiary/aromatic N) is 3. The van der Waals surface area contributed by atoms with Crippen LogP contribution in [0.25, 0.3) is 16.7 Å². The van der Waals surface area contributed by atoms with E-state index < -0.39 is 0 Å². The van der Waals surface area contributed by atoms with E-state index in [-0.39, 0.29) is 24.7 Å². The molecule has 1 amide bonds. The Hall–Kier alpha value is -4.07. The van der Waals surface area contributed by atoms with Crippen molar-refractivity contribution in [3.8, 4) is 17.2 Å². The summed E-state index contributed by atoms with van der Waals surface area (Å²) in [6.07, 6.45) is 0.517. The van der Waals surface area contributed by atoms with E-state index in [1.165, 1.54) is 0 Å². The number of hydrogen-bond acceptors (Lipinski definition) is 5. The van der Waals surface area contributed by atoms with Crippen LogP contribution in [0.2, 0.25) is 0 Å². The Morgan fingerprint density at radius 2 is 1.85 bits per heavy atom. The molecule has 0 fully saturated rings. The maximum Gasteiger partial charge on any atom is 0.255 e. The summed E-state index contributed by atoms with van der Waals surface area (Å²) in [6.45, 7) is 4.05. The number of nitrogens with one attached hydrogen (secondary N) is 1. The lowest BCUT2D eigenvalue weighted by molar-refractivity contribution is -0.116. The van der Waals surface area contributed by atoms with E-state index in [2.05, 4.69) is 5.32 Å². The second kappa shape index (κ2) is 8.12. The smallest absolute Gasteiger partial charge is 0.255 e. The number of amides is 1. The number of hydrogen-bond donors (Lipinski definition) is 1. The van der Waals surface area contributed by atoms with Crippen LogP contribution in [0.1, 0.15) is 23.2 Å². The molecule has 3 heterocycles. The van der Waals surface area contributed by atoms with Gasteiger partial charge in [0.1, 0.15) is 5.65 Å². The average molecular weight is 444 g/mol. The molecular formula is C25H24N4O4. The minimum Gasteiger partial charge on any atom is -0.454 e. The molecule has 0 radical (unpaired) electrons. The first-order valence-electron chi connectivity index (χ1n) is 10.8. The third-order valence-electron chi connectivity index (χ3n) is 6.00. The summed E-state index contributed by atoms with van der Waals surface area (Å²) in [4.78, 5) is 25.9. The summed E-state index contributed by atoms with van der Waals surface area (Å²) in [5, 5.41) is 8.51. The third kappa shape index (κ3) is 3.63. The molecule has 4 aromatic rings. The van der Waals surface area contributed by atoms with Gasteiger partial charge in [0, 0.05) is 36.2 Å². The van der Waals surface area contributed by atoms with Crippen LogP contribution in [0.15, 0.2) is 53.3 Å². The molecule has 2 aromatic heterocycles. The summed E-state index contributed by atoms with van der Waals surface area (Å²) in [5.41, 5.74) is 4.48. The monoisotopic (exact) mass is 444 g/mol. The van der Waals surface area contributed by atoms with Gasteiger partial charge in [0.15, 0.2) is 11.5 Å². The van der Waals surface area contributed by atoms with Crippen LogP contribution in [-0.4, -0.2) is 27.0 Å². The lowest BCUT2D eigenvalue weighted by Gasteiger charge is -2.13. The number of rotatable bonds is 5. The van der Waals surface area contributed by atoms with E-state index in [4.69, 9.17) is 14.6 Å². The molecule has 0 saturated carbocycles. The second-order valence-corrected chi connectivity index (χ2v) is 8.12. The Bertz CT molecular complexity index is 1440. The molecule has 5 rings (SSSR count). The van der Waals surface area contributed by atoms with Gasteiger partial charge in [0.2, 0.25) is 12.7 Å². The number of aryl methyl sites for hydroxylation is 3. The molecule has 0 atom stereocenters. The maximum atomic E-state index is 13.3. The van der Waals surface area contributed by atoms with Crippen molar-refractivity contribution in [1.29, 1.82) is 0 Å². The van der Waals surface area contributed by atoms with Gasteiger partial charge in [-0.05, 0) is 50.1 Å². The van der Waals surface area contributed by atoms with Crippen LogP contribution in [0.4, 0.5) is 5.69 Å². The zero-order valence-corrected chi connectivity index (χ0v) is 18.7. The number of fused-ring (bicyclic) bond motifs is 2. The van der Waals surface area contributed by atoms with Crippen molar-refractivity contribution in [2.24, 2.45) is 7.05 Å². The molecule has 0 saturated heterocycles. The van der Waals surface area contributed by atoms with Crippen molar-refractivity contribution in [3.05, 3.63) is 75.7 Å². The molecule has 0 unspecified atom stereocenters. The molecule has 8 nitrogen and oxygen atoms in total. The Labute approximate surface area is 190 Å². The van der Waals surface area contributed by atoms with E-state index in [0.717, 1.165) is 28.0 Å². The van der Waals surface area contributed by atoms with Crippen molar-refractivity contribution in [1.82, 2.24) is 14.3 Å². The molecule has 1 aliphatic heterocycles. The number of pyridine rings is 1. The average Bonchev–Trinajstić information content (AvgIpc) is 3.42. The van der Waals surface area contributed by atoms with Crippen LogP contribution in [0.3, 0.4) is 0 Å². The summed E-state index contributed by atoms with van der Waals surface area (Å²) in [5.74, 6) is 1.09. The van der Waals surface area contributed by atoms with Gasteiger partial charge in [-0.3, -0.25) is 14.2 Å². The van der Waals surface area contributed by atoms with Gasteiger partial charge in [0.05, 0.1) is 11.4 Å². The van der Waals surface area contributed by atoms with Crippen molar-refractivity contribution < 1.29 is 14.3 Å². The molecule has 8 heteroatoms. The number of carbonyl (C=O) groups is 1. The third-order valence-corrected chi connectivity index (χ3v) is 6.00. The summed E-state index contributed by atoms with van der Waals surface area (Å²) < 4.78 is 14.1. The fraction of sp³-hybridized carbons (Fsp3) is 0.240. The summed E-state index contributed by atoms with van der Waals surface area (Å²) in [7, 11) is 1.75. The highest BCUT2D eigenvalue weighted by Gasteiger charge is 2.20.